The molecule has 2 saturated heterocycles. The number of aliphatic hydroxyl groups is 1. The van der Waals surface area contributed by atoms with Gasteiger partial charge in [-0.2, -0.15) is 0 Å². The van der Waals surface area contributed by atoms with E-state index in [1.807, 2.05) is 0 Å². The van der Waals surface area contributed by atoms with Crippen molar-refractivity contribution in [1.82, 2.24) is 9.97 Å². The SMILES string of the molecule is OC[C@@H]1CCCN1c1cc(N2CCC(OC3CCCC3)CC2)ncn1. The van der Waals surface area contributed by atoms with Gasteiger partial charge in [0.15, 0.2) is 0 Å². The Morgan fingerprint density at radius 1 is 0.920 bits per heavy atom. The lowest BCUT2D eigenvalue weighted by Gasteiger charge is -2.34. The van der Waals surface area contributed by atoms with E-state index in [9.17, 15) is 5.11 Å². The molecule has 3 fully saturated rings. The molecule has 25 heavy (non-hydrogen) atoms. The number of hydrogen-bond acceptors (Lipinski definition) is 6. The first kappa shape index (κ1) is 17.0. The van der Waals surface area contributed by atoms with Crippen LogP contribution in [-0.2, 0) is 4.74 Å². The monoisotopic (exact) mass is 346 g/mol. The summed E-state index contributed by atoms with van der Waals surface area (Å²) in [5.74, 6) is 1.96. The Balaban J connectivity index is 1.35. The number of hydrogen-bond donors (Lipinski definition) is 1. The van der Waals surface area contributed by atoms with Crippen LogP contribution in [0.25, 0.3) is 0 Å². The van der Waals surface area contributed by atoms with Gasteiger partial charge in [0.05, 0.1) is 24.9 Å². The number of piperidine rings is 1. The number of rotatable bonds is 5. The minimum Gasteiger partial charge on any atom is -0.394 e. The zero-order chi connectivity index (χ0) is 17.1. The van der Waals surface area contributed by atoms with Gasteiger partial charge in [-0.25, -0.2) is 9.97 Å². The molecule has 0 unspecified atom stereocenters. The molecule has 138 valence electrons. The van der Waals surface area contributed by atoms with Crippen molar-refractivity contribution in [1.29, 1.82) is 0 Å². The molecule has 1 N–H and O–H groups in total. The maximum atomic E-state index is 9.55. The van der Waals surface area contributed by atoms with Gasteiger partial charge in [-0.15, -0.1) is 0 Å². The summed E-state index contributed by atoms with van der Waals surface area (Å²) in [6.07, 6.45) is 12.1. The fraction of sp³-hybridized carbons (Fsp3) is 0.789. The minimum atomic E-state index is 0.198. The number of nitrogens with zero attached hydrogens (tertiary/aromatic N) is 4. The van der Waals surface area contributed by atoms with Crippen LogP contribution in [0, 0.1) is 0 Å². The highest BCUT2D eigenvalue weighted by molar-refractivity contribution is 5.51. The zero-order valence-electron chi connectivity index (χ0n) is 15.0. The van der Waals surface area contributed by atoms with Crippen molar-refractivity contribution in [3.05, 3.63) is 12.4 Å². The highest BCUT2D eigenvalue weighted by Crippen LogP contribution is 2.29. The van der Waals surface area contributed by atoms with Crippen LogP contribution in [0.5, 0.6) is 0 Å². The summed E-state index contributed by atoms with van der Waals surface area (Å²) >= 11 is 0. The molecule has 1 aliphatic carbocycles. The van der Waals surface area contributed by atoms with Gasteiger partial charge in [-0.05, 0) is 38.5 Å². The molecule has 3 aliphatic rings. The molecule has 6 nitrogen and oxygen atoms in total. The highest BCUT2D eigenvalue weighted by Gasteiger charge is 2.27. The minimum absolute atomic E-state index is 0.198. The molecule has 4 rings (SSSR count). The fourth-order valence-corrected chi connectivity index (χ4v) is 4.51. The molecule has 0 amide bonds. The molecule has 0 radical (unpaired) electrons. The van der Waals surface area contributed by atoms with Crippen LogP contribution < -0.4 is 9.80 Å². The second-order valence-electron chi connectivity index (χ2n) is 7.64. The van der Waals surface area contributed by atoms with Gasteiger partial charge in [0.2, 0.25) is 0 Å². The van der Waals surface area contributed by atoms with Crippen molar-refractivity contribution in [2.75, 3.05) is 36.0 Å². The molecule has 1 saturated carbocycles. The first-order valence-electron chi connectivity index (χ1n) is 9.93. The van der Waals surface area contributed by atoms with Gasteiger partial charge in [-0.1, -0.05) is 12.8 Å². The van der Waals surface area contributed by atoms with E-state index in [2.05, 4.69) is 25.8 Å². The number of anilines is 2. The topological polar surface area (TPSA) is 61.7 Å². The second kappa shape index (κ2) is 7.87. The van der Waals surface area contributed by atoms with Crippen molar-refractivity contribution < 1.29 is 9.84 Å². The number of aromatic nitrogens is 2. The first-order chi connectivity index (χ1) is 12.3. The Kier molecular flexibility index (Phi) is 5.36. The highest BCUT2D eigenvalue weighted by atomic mass is 16.5. The predicted molar refractivity (Wildman–Crippen MR) is 98.1 cm³/mol. The summed E-state index contributed by atoms with van der Waals surface area (Å²) in [6, 6.07) is 2.29. The van der Waals surface area contributed by atoms with Crippen LogP contribution in [-0.4, -0.2) is 59.6 Å². The Labute approximate surface area is 150 Å². The maximum absolute atomic E-state index is 9.55. The third-order valence-corrected chi connectivity index (χ3v) is 5.97. The number of ether oxygens (including phenoxy) is 1. The molecule has 1 atom stereocenters. The Bertz CT molecular complexity index is 556. The van der Waals surface area contributed by atoms with E-state index in [-0.39, 0.29) is 12.6 Å². The molecule has 0 spiro atoms. The Morgan fingerprint density at radius 3 is 2.40 bits per heavy atom. The quantitative estimate of drug-likeness (QED) is 0.883. The van der Waals surface area contributed by atoms with Crippen molar-refractivity contribution in [2.45, 2.75) is 69.6 Å². The van der Waals surface area contributed by atoms with E-state index < -0.39 is 0 Å². The van der Waals surface area contributed by atoms with E-state index in [0.717, 1.165) is 57.0 Å². The number of aliphatic hydroxyl groups excluding tert-OH is 1. The van der Waals surface area contributed by atoms with Crippen LogP contribution in [0.1, 0.15) is 51.4 Å². The molecular weight excluding hydrogens is 316 g/mol. The second-order valence-corrected chi connectivity index (χ2v) is 7.64. The Hall–Kier alpha value is -1.40. The zero-order valence-corrected chi connectivity index (χ0v) is 15.0. The third-order valence-electron chi connectivity index (χ3n) is 5.97. The standard InChI is InChI=1S/C19H30N4O2/c24-13-15-4-3-9-23(15)19-12-18(20-14-21-19)22-10-7-17(8-11-22)25-16-5-1-2-6-16/h12,14-17,24H,1-11,13H2/t15-/m0/s1. The predicted octanol–water partition coefficient (Wildman–Crippen LogP) is 2.37. The molecule has 0 aromatic carbocycles. The lowest BCUT2D eigenvalue weighted by molar-refractivity contribution is -0.0195. The summed E-state index contributed by atoms with van der Waals surface area (Å²) in [5, 5.41) is 9.55. The van der Waals surface area contributed by atoms with Gasteiger partial charge in [0.25, 0.3) is 0 Å². The fourth-order valence-electron chi connectivity index (χ4n) is 4.51. The van der Waals surface area contributed by atoms with E-state index in [1.54, 1.807) is 6.33 Å². The van der Waals surface area contributed by atoms with E-state index in [0.29, 0.717) is 12.2 Å². The van der Waals surface area contributed by atoms with Crippen LogP contribution >= 0.6 is 0 Å². The molecular formula is C19H30N4O2. The molecule has 6 heteroatoms. The third kappa shape index (κ3) is 3.90. The van der Waals surface area contributed by atoms with Gasteiger partial charge in [0.1, 0.15) is 18.0 Å². The smallest absolute Gasteiger partial charge is 0.134 e. The Morgan fingerprint density at radius 2 is 1.64 bits per heavy atom. The molecule has 3 heterocycles. The summed E-state index contributed by atoms with van der Waals surface area (Å²) in [5.41, 5.74) is 0. The largest absolute Gasteiger partial charge is 0.394 e. The van der Waals surface area contributed by atoms with Crippen molar-refractivity contribution in [2.24, 2.45) is 0 Å². The van der Waals surface area contributed by atoms with E-state index in [4.69, 9.17) is 4.74 Å². The maximum Gasteiger partial charge on any atom is 0.134 e. The molecule has 1 aromatic heterocycles. The van der Waals surface area contributed by atoms with Crippen molar-refractivity contribution in [3.63, 3.8) is 0 Å². The van der Waals surface area contributed by atoms with Gasteiger partial charge >= 0.3 is 0 Å². The summed E-state index contributed by atoms with van der Waals surface area (Å²) in [6.45, 7) is 3.16. The lowest BCUT2D eigenvalue weighted by atomic mass is 10.1. The van der Waals surface area contributed by atoms with Crippen molar-refractivity contribution in [3.8, 4) is 0 Å². The summed E-state index contributed by atoms with van der Waals surface area (Å²) in [4.78, 5) is 13.5. The average molecular weight is 346 g/mol. The lowest BCUT2D eigenvalue weighted by Crippen LogP contribution is -2.39. The van der Waals surface area contributed by atoms with Crippen LogP contribution in [0.3, 0.4) is 0 Å². The van der Waals surface area contributed by atoms with Crippen LogP contribution in [0.15, 0.2) is 12.4 Å². The van der Waals surface area contributed by atoms with Crippen LogP contribution in [0.4, 0.5) is 11.6 Å². The van der Waals surface area contributed by atoms with Crippen LogP contribution in [0.2, 0.25) is 0 Å². The molecule has 2 aliphatic heterocycles. The first-order valence-corrected chi connectivity index (χ1v) is 9.93. The normalized spacial score (nSPS) is 25.9. The van der Waals surface area contributed by atoms with E-state index >= 15 is 0 Å². The molecule has 1 aromatic rings. The van der Waals surface area contributed by atoms with Gasteiger partial charge in [0, 0.05) is 25.7 Å². The van der Waals surface area contributed by atoms with Crippen molar-refractivity contribution >= 4 is 11.6 Å². The van der Waals surface area contributed by atoms with Gasteiger partial charge in [-0.3, -0.25) is 0 Å². The summed E-state index contributed by atoms with van der Waals surface area (Å²) in [7, 11) is 0. The average Bonchev–Trinajstić information content (AvgIpc) is 3.34. The van der Waals surface area contributed by atoms with Gasteiger partial charge < -0.3 is 19.6 Å². The summed E-state index contributed by atoms with van der Waals surface area (Å²) < 4.78 is 6.27. The molecule has 0 bridgehead atoms. The van der Waals surface area contributed by atoms with E-state index in [1.165, 1.54) is 25.7 Å².